The molecule has 2 aromatic rings. The van der Waals surface area contributed by atoms with Crippen molar-refractivity contribution in [2.75, 3.05) is 25.4 Å². The first-order chi connectivity index (χ1) is 9.06. The maximum atomic E-state index is 5.90. The molecule has 0 radical (unpaired) electrons. The summed E-state index contributed by atoms with van der Waals surface area (Å²) in [6.45, 7) is 7.70. The van der Waals surface area contributed by atoms with Crippen molar-refractivity contribution in [2.45, 2.75) is 19.9 Å². The van der Waals surface area contributed by atoms with E-state index in [-0.39, 0.29) is 0 Å². The van der Waals surface area contributed by atoms with Crippen molar-refractivity contribution in [3.8, 4) is 0 Å². The highest BCUT2D eigenvalue weighted by molar-refractivity contribution is 14.1. The van der Waals surface area contributed by atoms with Crippen LogP contribution in [-0.4, -0.2) is 44.3 Å². The molecular weight excluding hydrogens is 355 g/mol. The normalized spacial score (nSPS) is 17.3. The Morgan fingerprint density at radius 3 is 2.84 bits per heavy atom. The SMILES string of the molecule is CC(C)CN1CC(n2nc(I)c3c(N)ncnc32)C1. The second kappa shape index (κ2) is 4.86. The van der Waals surface area contributed by atoms with Gasteiger partial charge in [0.25, 0.3) is 0 Å². The highest BCUT2D eigenvalue weighted by Gasteiger charge is 2.31. The third-order valence-electron chi connectivity index (χ3n) is 3.38. The van der Waals surface area contributed by atoms with Gasteiger partial charge in [0.15, 0.2) is 5.65 Å². The Labute approximate surface area is 125 Å². The number of nitrogens with zero attached hydrogens (tertiary/aromatic N) is 5. The molecule has 2 N–H and O–H groups in total. The molecule has 7 heteroatoms. The van der Waals surface area contributed by atoms with E-state index in [1.165, 1.54) is 6.33 Å². The Morgan fingerprint density at radius 1 is 1.42 bits per heavy atom. The van der Waals surface area contributed by atoms with Crippen molar-refractivity contribution < 1.29 is 0 Å². The Kier molecular flexibility index (Phi) is 3.34. The Morgan fingerprint density at radius 2 is 2.16 bits per heavy atom. The molecule has 3 heterocycles. The number of likely N-dealkylation sites (tertiary alicyclic amines) is 1. The van der Waals surface area contributed by atoms with Crippen LogP contribution < -0.4 is 5.73 Å². The van der Waals surface area contributed by atoms with E-state index in [9.17, 15) is 0 Å². The topological polar surface area (TPSA) is 72.9 Å². The van der Waals surface area contributed by atoms with Gasteiger partial charge in [0.05, 0.1) is 11.4 Å². The molecule has 2 aromatic heterocycles. The summed E-state index contributed by atoms with van der Waals surface area (Å²) < 4.78 is 2.89. The molecule has 0 saturated carbocycles. The van der Waals surface area contributed by atoms with Gasteiger partial charge in [-0.3, -0.25) is 4.90 Å². The van der Waals surface area contributed by atoms with Crippen LogP contribution in [0, 0.1) is 9.62 Å². The predicted octanol–water partition coefficient (Wildman–Crippen LogP) is 1.53. The van der Waals surface area contributed by atoms with E-state index in [4.69, 9.17) is 5.73 Å². The third-order valence-corrected chi connectivity index (χ3v) is 4.14. The molecule has 19 heavy (non-hydrogen) atoms. The average Bonchev–Trinajstić information content (AvgIpc) is 2.62. The van der Waals surface area contributed by atoms with Crippen LogP contribution in [0.3, 0.4) is 0 Å². The minimum Gasteiger partial charge on any atom is -0.383 e. The number of anilines is 1. The van der Waals surface area contributed by atoms with E-state index in [0.717, 1.165) is 34.4 Å². The summed E-state index contributed by atoms with van der Waals surface area (Å²) in [5, 5.41) is 5.46. The minimum atomic E-state index is 0.402. The molecule has 1 fully saturated rings. The van der Waals surface area contributed by atoms with Crippen molar-refractivity contribution in [1.82, 2.24) is 24.6 Å². The van der Waals surface area contributed by atoms with Crippen LogP contribution in [0.5, 0.6) is 0 Å². The summed E-state index contributed by atoms with van der Waals surface area (Å²) in [7, 11) is 0. The molecule has 0 bridgehead atoms. The molecule has 1 saturated heterocycles. The lowest BCUT2D eigenvalue weighted by Crippen LogP contribution is -2.49. The van der Waals surface area contributed by atoms with Crippen LogP contribution in [0.4, 0.5) is 5.82 Å². The van der Waals surface area contributed by atoms with Gasteiger partial charge in [-0.25, -0.2) is 14.6 Å². The number of halogens is 1. The number of hydrogen-bond donors (Lipinski definition) is 1. The van der Waals surface area contributed by atoms with Gasteiger partial charge in [-0.2, -0.15) is 5.10 Å². The molecule has 3 rings (SSSR count). The molecule has 0 atom stereocenters. The fraction of sp³-hybridized carbons (Fsp3) is 0.583. The van der Waals surface area contributed by atoms with Gasteiger partial charge in [-0.05, 0) is 28.5 Å². The number of nitrogens with two attached hydrogens (primary N) is 1. The van der Waals surface area contributed by atoms with Crippen LogP contribution >= 0.6 is 22.6 Å². The van der Waals surface area contributed by atoms with E-state index in [2.05, 4.69) is 56.4 Å². The first kappa shape index (κ1) is 13.0. The Bertz CT molecular complexity index is 602. The number of hydrogen-bond acceptors (Lipinski definition) is 5. The number of nitrogen functional groups attached to an aromatic ring is 1. The average molecular weight is 372 g/mol. The summed E-state index contributed by atoms with van der Waals surface area (Å²) >= 11 is 2.20. The molecule has 0 amide bonds. The highest BCUT2D eigenvalue weighted by Crippen LogP contribution is 2.29. The number of rotatable bonds is 3. The molecule has 1 aliphatic rings. The van der Waals surface area contributed by atoms with Crippen LogP contribution in [0.1, 0.15) is 19.9 Å². The van der Waals surface area contributed by atoms with Crippen molar-refractivity contribution in [1.29, 1.82) is 0 Å². The summed E-state index contributed by atoms with van der Waals surface area (Å²) in [6, 6.07) is 0.402. The lowest BCUT2D eigenvalue weighted by Gasteiger charge is -2.40. The van der Waals surface area contributed by atoms with E-state index in [1.54, 1.807) is 0 Å². The molecular formula is C12H17IN6. The zero-order chi connectivity index (χ0) is 13.6. The lowest BCUT2D eigenvalue weighted by molar-refractivity contribution is 0.0880. The van der Waals surface area contributed by atoms with Crippen LogP contribution in [0.25, 0.3) is 11.0 Å². The fourth-order valence-electron chi connectivity index (χ4n) is 2.57. The van der Waals surface area contributed by atoms with Gasteiger partial charge < -0.3 is 5.73 Å². The zero-order valence-electron chi connectivity index (χ0n) is 11.0. The summed E-state index contributed by atoms with van der Waals surface area (Å²) in [6.07, 6.45) is 1.51. The van der Waals surface area contributed by atoms with Gasteiger partial charge in [-0.1, -0.05) is 13.8 Å². The zero-order valence-corrected chi connectivity index (χ0v) is 13.2. The quantitative estimate of drug-likeness (QED) is 0.828. The largest absolute Gasteiger partial charge is 0.383 e. The first-order valence-corrected chi connectivity index (χ1v) is 7.50. The van der Waals surface area contributed by atoms with Gasteiger partial charge in [-0.15, -0.1) is 0 Å². The summed E-state index contributed by atoms with van der Waals surface area (Å²) in [5.41, 5.74) is 6.76. The number of fused-ring (bicyclic) bond motifs is 1. The molecule has 1 aliphatic heterocycles. The van der Waals surface area contributed by atoms with Crippen molar-refractivity contribution in [3.05, 3.63) is 10.0 Å². The van der Waals surface area contributed by atoms with E-state index >= 15 is 0 Å². The van der Waals surface area contributed by atoms with E-state index < -0.39 is 0 Å². The molecule has 0 unspecified atom stereocenters. The molecule has 0 aromatic carbocycles. The highest BCUT2D eigenvalue weighted by atomic mass is 127. The first-order valence-electron chi connectivity index (χ1n) is 6.42. The Balaban J connectivity index is 1.86. The second-order valence-electron chi connectivity index (χ2n) is 5.46. The summed E-state index contributed by atoms with van der Waals surface area (Å²) in [5.74, 6) is 1.22. The Hall–Kier alpha value is -0.960. The predicted molar refractivity (Wildman–Crippen MR) is 82.8 cm³/mol. The minimum absolute atomic E-state index is 0.402. The summed E-state index contributed by atoms with van der Waals surface area (Å²) in [4.78, 5) is 10.8. The monoisotopic (exact) mass is 372 g/mol. The molecule has 6 nitrogen and oxygen atoms in total. The standard InChI is InChI=1S/C12H17IN6/c1-7(2)3-18-4-8(5-18)19-12-9(10(13)17-19)11(14)15-6-16-12/h6-8H,3-5H2,1-2H3,(H2,14,15,16). The maximum Gasteiger partial charge on any atom is 0.164 e. The smallest absolute Gasteiger partial charge is 0.164 e. The number of aromatic nitrogens is 4. The van der Waals surface area contributed by atoms with Crippen LogP contribution in [0.15, 0.2) is 6.33 Å². The molecule has 0 aliphatic carbocycles. The van der Waals surface area contributed by atoms with Gasteiger partial charge >= 0.3 is 0 Å². The van der Waals surface area contributed by atoms with Gasteiger partial charge in [0, 0.05) is 19.6 Å². The molecule has 102 valence electrons. The van der Waals surface area contributed by atoms with Gasteiger partial charge in [0.1, 0.15) is 15.8 Å². The van der Waals surface area contributed by atoms with Crippen molar-refractivity contribution in [2.24, 2.45) is 5.92 Å². The lowest BCUT2D eigenvalue weighted by atomic mass is 10.1. The van der Waals surface area contributed by atoms with Crippen LogP contribution in [-0.2, 0) is 0 Å². The van der Waals surface area contributed by atoms with Crippen molar-refractivity contribution >= 4 is 39.4 Å². The van der Waals surface area contributed by atoms with E-state index in [0.29, 0.717) is 17.8 Å². The van der Waals surface area contributed by atoms with Crippen LogP contribution in [0.2, 0.25) is 0 Å². The maximum absolute atomic E-state index is 5.90. The second-order valence-corrected chi connectivity index (χ2v) is 6.48. The van der Waals surface area contributed by atoms with Gasteiger partial charge in [0.2, 0.25) is 0 Å². The van der Waals surface area contributed by atoms with Crippen molar-refractivity contribution in [3.63, 3.8) is 0 Å². The molecule has 0 spiro atoms. The third kappa shape index (κ3) is 2.29. The van der Waals surface area contributed by atoms with E-state index in [1.807, 2.05) is 4.68 Å². The fourth-order valence-corrected chi connectivity index (χ4v) is 3.32.